The van der Waals surface area contributed by atoms with Gasteiger partial charge in [-0.15, -0.1) is 0 Å². The van der Waals surface area contributed by atoms with Gasteiger partial charge in [0.2, 0.25) is 5.91 Å². The van der Waals surface area contributed by atoms with E-state index in [1.165, 1.54) is 41.3 Å². The van der Waals surface area contributed by atoms with E-state index in [1.807, 2.05) is 6.07 Å². The fourth-order valence-corrected chi connectivity index (χ4v) is 6.09. The lowest BCUT2D eigenvalue weighted by Gasteiger charge is -2.31. The molecule has 0 aliphatic heterocycles. The van der Waals surface area contributed by atoms with Gasteiger partial charge in [0.05, 0.1) is 4.90 Å². The number of nitrogens with zero attached hydrogens (tertiary/aromatic N) is 1. The van der Waals surface area contributed by atoms with Crippen LogP contribution in [0.25, 0.3) is 0 Å². The quantitative estimate of drug-likeness (QED) is 0.133. The number of carbonyl (C=O) groups is 2. The number of sulfonamides is 1. The van der Waals surface area contributed by atoms with Crippen LogP contribution in [-0.2, 0) is 32.7 Å². The van der Waals surface area contributed by atoms with Crippen LogP contribution in [0, 0.1) is 5.82 Å². The Hall–Kier alpha value is -4.90. The van der Waals surface area contributed by atoms with E-state index in [-0.39, 0.29) is 29.4 Å². The first-order valence-electron chi connectivity index (χ1n) is 14.7. The fourth-order valence-electron chi connectivity index (χ4n) is 4.78. The van der Waals surface area contributed by atoms with E-state index in [0.717, 1.165) is 23.3 Å². The highest BCUT2D eigenvalue weighted by molar-refractivity contribution is 7.92. The minimum Gasteiger partial charge on any atom is -0.484 e. The Labute approximate surface area is 288 Å². The molecule has 0 radical (unpaired) electrons. The van der Waals surface area contributed by atoms with Crippen molar-refractivity contribution in [2.75, 3.05) is 11.3 Å². The largest absolute Gasteiger partial charge is 0.484 e. The maximum Gasteiger partial charge on any atom is 0.261 e. The van der Waals surface area contributed by atoms with Gasteiger partial charge in [0.25, 0.3) is 15.9 Å². The van der Waals surface area contributed by atoms with Crippen molar-refractivity contribution < 1.29 is 27.1 Å². The molecule has 5 aromatic rings. The van der Waals surface area contributed by atoms with Gasteiger partial charge in [-0.2, -0.15) is 0 Å². The summed E-state index contributed by atoms with van der Waals surface area (Å²) < 4.78 is 47.1. The molecule has 0 saturated heterocycles. The van der Waals surface area contributed by atoms with E-state index >= 15 is 0 Å². The van der Waals surface area contributed by atoms with Gasteiger partial charge in [0, 0.05) is 28.8 Å². The third-order valence-corrected chi connectivity index (χ3v) is 9.14. The molecular weight excluding hydrogens is 676 g/mol. The van der Waals surface area contributed by atoms with Crippen molar-refractivity contribution in [1.82, 2.24) is 10.2 Å². The second kappa shape index (κ2) is 15.8. The number of nitrogens with one attached hydrogen (secondary N) is 2. The van der Waals surface area contributed by atoms with Gasteiger partial charge in [0.15, 0.2) is 6.61 Å². The average Bonchev–Trinajstić information content (AvgIpc) is 3.09. The molecule has 0 aromatic heterocycles. The number of hydrogen-bond donors (Lipinski definition) is 2. The summed E-state index contributed by atoms with van der Waals surface area (Å²) in [5, 5.41) is 4.04. The predicted molar refractivity (Wildman–Crippen MR) is 184 cm³/mol. The molecule has 12 heteroatoms. The van der Waals surface area contributed by atoms with Gasteiger partial charge in [-0.1, -0.05) is 77.8 Å². The van der Waals surface area contributed by atoms with Gasteiger partial charge in [0.1, 0.15) is 17.6 Å². The average molecular weight is 707 g/mol. The monoisotopic (exact) mass is 705 g/mol. The Morgan fingerprint density at radius 2 is 1.33 bits per heavy atom. The van der Waals surface area contributed by atoms with Crippen LogP contribution in [0.2, 0.25) is 10.0 Å². The van der Waals surface area contributed by atoms with E-state index < -0.39 is 40.3 Å². The Morgan fingerprint density at radius 3 is 1.94 bits per heavy atom. The number of ether oxygens (including phenoxy) is 1. The summed E-state index contributed by atoms with van der Waals surface area (Å²) in [6.07, 6.45) is 0. The smallest absolute Gasteiger partial charge is 0.261 e. The minimum atomic E-state index is -3.97. The summed E-state index contributed by atoms with van der Waals surface area (Å²) in [6.45, 7) is -0.162. The van der Waals surface area contributed by atoms with Gasteiger partial charge < -0.3 is 15.0 Å². The van der Waals surface area contributed by atoms with Crippen LogP contribution in [0.4, 0.5) is 10.1 Å². The van der Waals surface area contributed by atoms with Gasteiger partial charge in [-0.25, -0.2) is 12.8 Å². The fraction of sp³-hybridized carbons (Fsp3) is 0.111. The highest BCUT2D eigenvalue weighted by Gasteiger charge is 2.32. The molecule has 2 N–H and O–H groups in total. The summed E-state index contributed by atoms with van der Waals surface area (Å²) in [4.78, 5) is 29.1. The zero-order valence-electron chi connectivity index (χ0n) is 25.4. The lowest BCUT2D eigenvalue weighted by molar-refractivity contribution is -0.143. The second-order valence-corrected chi connectivity index (χ2v) is 13.2. The number of amides is 2. The van der Waals surface area contributed by atoms with Crippen molar-refractivity contribution >= 4 is 50.7 Å². The van der Waals surface area contributed by atoms with Crippen LogP contribution in [0.5, 0.6) is 5.75 Å². The molecule has 0 aliphatic rings. The molecule has 5 aromatic carbocycles. The second-order valence-electron chi connectivity index (χ2n) is 10.7. The van der Waals surface area contributed by atoms with E-state index in [9.17, 15) is 22.4 Å². The van der Waals surface area contributed by atoms with Crippen LogP contribution in [-0.4, -0.2) is 31.7 Å². The molecule has 48 heavy (non-hydrogen) atoms. The molecule has 2 amide bonds. The molecule has 0 unspecified atom stereocenters. The molecule has 0 heterocycles. The topological polar surface area (TPSA) is 105 Å². The number of halogens is 3. The molecule has 1 atom stereocenters. The number of anilines is 1. The Kier molecular flexibility index (Phi) is 11.3. The summed E-state index contributed by atoms with van der Waals surface area (Å²) in [5.41, 5.74) is 2.36. The lowest BCUT2D eigenvalue weighted by atomic mass is 10.0. The molecular formula is C36H30Cl2FN3O5S. The minimum absolute atomic E-state index is 0.0589. The maximum absolute atomic E-state index is 13.9. The molecule has 8 nitrogen and oxygen atoms in total. The lowest BCUT2D eigenvalue weighted by Crippen LogP contribution is -2.45. The van der Waals surface area contributed by atoms with E-state index in [0.29, 0.717) is 15.6 Å². The Morgan fingerprint density at radius 1 is 0.750 bits per heavy atom. The molecule has 246 valence electrons. The molecule has 0 bridgehead atoms. The first-order valence-corrected chi connectivity index (χ1v) is 16.9. The van der Waals surface area contributed by atoms with Crippen molar-refractivity contribution in [3.63, 3.8) is 0 Å². The molecule has 0 spiro atoms. The standard InChI is InChI=1S/C36H30Cl2FN3O5S/c37-28-10-6-25(7-11-28)22-40-36(44)35(27-4-2-1-3-5-27)42(23-26-8-12-29(38)13-9-26)34(43)24-47-32-18-20-33(21-19-32)48(45,46)41-31-16-14-30(39)15-17-31/h1-21,35,41H,22-24H2,(H,40,44)/t35-/m1/s1. The molecule has 0 aliphatic carbocycles. The van der Waals surface area contributed by atoms with E-state index in [4.69, 9.17) is 27.9 Å². The highest BCUT2D eigenvalue weighted by Crippen LogP contribution is 2.26. The van der Waals surface area contributed by atoms with E-state index in [2.05, 4.69) is 10.0 Å². The van der Waals surface area contributed by atoms with Crippen LogP contribution >= 0.6 is 23.2 Å². The highest BCUT2D eigenvalue weighted by atomic mass is 35.5. The third-order valence-electron chi connectivity index (χ3n) is 7.23. The summed E-state index contributed by atoms with van der Waals surface area (Å²) in [5.74, 6) is -1.15. The van der Waals surface area contributed by atoms with Crippen LogP contribution in [0.1, 0.15) is 22.7 Å². The van der Waals surface area contributed by atoms with Gasteiger partial charge in [-0.3, -0.25) is 14.3 Å². The third kappa shape index (κ3) is 9.34. The zero-order chi connectivity index (χ0) is 34.1. The van der Waals surface area contributed by atoms with Crippen LogP contribution < -0.4 is 14.8 Å². The van der Waals surface area contributed by atoms with E-state index in [1.54, 1.807) is 72.8 Å². The SMILES string of the molecule is O=C(NCc1ccc(Cl)cc1)[C@@H](c1ccccc1)N(Cc1ccc(Cl)cc1)C(=O)COc1ccc(S(=O)(=O)Nc2ccc(F)cc2)cc1. The zero-order valence-corrected chi connectivity index (χ0v) is 27.7. The van der Waals surface area contributed by atoms with Crippen molar-refractivity contribution in [2.24, 2.45) is 0 Å². The number of hydrogen-bond acceptors (Lipinski definition) is 5. The number of carbonyl (C=O) groups excluding carboxylic acids is 2. The van der Waals surface area contributed by atoms with Crippen LogP contribution in [0.15, 0.2) is 132 Å². The number of rotatable bonds is 13. The van der Waals surface area contributed by atoms with Crippen LogP contribution in [0.3, 0.4) is 0 Å². The van der Waals surface area contributed by atoms with Crippen molar-refractivity contribution in [3.05, 3.63) is 160 Å². The number of benzene rings is 5. The Bertz CT molecular complexity index is 1950. The van der Waals surface area contributed by atoms with Gasteiger partial charge in [-0.05, 0) is 89.5 Å². The van der Waals surface area contributed by atoms with Gasteiger partial charge >= 0.3 is 0 Å². The maximum atomic E-state index is 13.9. The normalized spacial score (nSPS) is 11.7. The van der Waals surface area contributed by atoms with Crippen molar-refractivity contribution in [1.29, 1.82) is 0 Å². The van der Waals surface area contributed by atoms with Crippen molar-refractivity contribution in [2.45, 2.75) is 24.0 Å². The predicted octanol–water partition coefficient (Wildman–Crippen LogP) is 7.40. The Balaban J connectivity index is 1.35. The molecule has 5 rings (SSSR count). The first kappa shape index (κ1) is 34.4. The summed E-state index contributed by atoms with van der Waals surface area (Å²) in [7, 11) is -3.97. The molecule has 0 saturated carbocycles. The summed E-state index contributed by atoms with van der Waals surface area (Å²) >= 11 is 12.1. The summed E-state index contributed by atoms with van der Waals surface area (Å²) in [6, 6.07) is 32.4. The first-order chi connectivity index (χ1) is 23.1. The molecule has 0 fully saturated rings. The van der Waals surface area contributed by atoms with Crippen molar-refractivity contribution in [3.8, 4) is 5.75 Å².